The summed E-state index contributed by atoms with van der Waals surface area (Å²) in [5.41, 5.74) is -0.659. The number of halogens is 3. The third kappa shape index (κ3) is 11.9. The van der Waals surface area contributed by atoms with E-state index in [4.69, 9.17) is 44.3 Å². The summed E-state index contributed by atoms with van der Waals surface area (Å²) in [6.07, 6.45) is -0.309. The van der Waals surface area contributed by atoms with Gasteiger partial charge in [-0.05, 0) is 33.1 Å². The number of nitrogens with one attached hydrogen (secondary N) is 1. The third-order valence-electron chi connectivity index (χ3n) is 2.06. The van der Waals surface area contributed by atoms with Crippen LogP contribution in [0.15, 0.2) is 0 Å². The van der Waals surface area contributed by atoms with Gasteiger partial charge in [0.05, 0.1) is 0 Å². The number of esters is 1. The first-order valence-electron chi connectivity index (χ1n) is 6.53. The Kier molecular flexibility index (Phi) is 8.14. The van der Waals surface area contributed by atoms with Gasteiger partial charge in [0.25, 0.3) is 0 Å². The maximum Gasteiger partial charge on any atom is 0.408 e. The Balaban J connectivity index is 4.64. The monoisotopic (exact) mass is 361 g/mol. The maximum absolute atomic E-state index is 12.0. The molecule has 0 aromatic rings. The molecule has 124 valence electrons. The van der Waals surface area contributed by atoms with E-state index < -0.39 is 27.5 Å². The normalized spacial score (nSPS) is 13.8. The predicted octanol–water partition coefficient (Wildman–Crippen LogP) is 3.84. The smallest absolute Gasteiger partial charge is 0.408 e. The van der Waals surface area contributed by atoms with Crippen molar-refractivity contribution in [1.29, 1.82) is 0 Å². The van der Waals surface area contributed by atoms with E-state index in [0.29, 0.717) is 6.42 Å². The quantitative estimate of drug-likeness (QED) is 0.596. The minimum absolute atomic E-state index is 0.158. The zero-order valence-electron chi connectivity index (χ0n) is 12.8. The Morgan fingerprint density at radius 3 is 2.05 bits per heavy atom. The van der Waals surface area contributed by atoms with Crippen molar-refractivity contribution < 1.29 is 19.1 Å². The van der Waals surface area contributed by atoms with Gasteiger partial charge < -0.3 is 14.8 Å². The van der Waals surface area contributed by atoms with Crippen LogP contribution in [0.2, 0.25) is 0 Å². The van der Waals surface area contributed by atoms with Gasteiger partial charge in [-0.1, -0.05) is 48.7 Å². The topological polar surface area (TPSA) is 64.6 Å². The summed E-state index contributed by atoms with van der Waals surface area (Å²) >= 11 is 16.6. The molecule has 0 radical (unpaired) electrons. The average molecular weight is 363 g/mol. The summed E-state index contributed by atoms with van der Waals surface area (Å²) in [4.78, 5) is 23.7. The Morgan fingerprint density at radius 2 is 1.67 bits per heavy atom. The van der Waals surface area contributed by atoms with Crippen molar-refractivity contribution in [3.63, 3.8) is 0 Å². The van der Waals surface area contributed by atoms with E-state index in [1.54, 1.807) is 20.8 Å². The highest BCUT2D eigenvalue weighted by atomic mass is 35.6. The standard InChI is InChI=1S/C13H22Cl3NO4/c1-8(2)6-9(10(18)20-7-13(14,15)16)17-11(19)21-12(3,4)5/h8-9H,6-7H2,1-5H3,(H,17,19)/t9-/m0/s1. The summed E-state index contributed by atoms with van der Waals surface area (Å²) < 4.78 is 8.31. The highest BCUT2D eigenvalue weighted by molar-refractivity contribution is 6.67. The first-order valence-corrected chi connectivity index (χ1v) is 7.66. The summed E-state index contributed by atoms with van der Waals surface area (Å²) in [5.74, 6) is -0.508. The Morgan fingerprint density at radius 1 is 1.14 bits per heavy atom. The fraction of sp³-hybridized carbons (Fsp3) is 0.846. The number of rotatable bonds is 5. The molecule has 0 aromatic carbocycles. The van der Waals surface area contributed by atoms with Crippen LogP contribution in [0.1, 0.15) is 41.0 Å². The van der Waals surface area contributed by atoms with Gasteiger partial charge in [0.15, 0.2) is 0 Å². The number of carbonyl (C=O) groups excluding carboxylic acids is 2. The zero-order chi connectivity index (χ0) is 16.8. The van der Waals surface area contributed by atoms with Gasteiger partial charge in [-0.15, -0.1) is 0 Å². The average Bonchev–Trinajstić information content (AvgIpc) is 2.20. The predicted molar refractivity (Wildman–Crippen MR) is 83.9 cm³/mol. The third-order valence-corrected chi connectivity index (χ3v) is 2.39. The first kappa shape index (κ1) is 20.6. The lowest BCUT2D eigenvalue weighted by molar-refractivity contribution is -0.146. The number of amides is 1. The van der Waals surface area contributed by atoms with Gasteiger partial charge in [0.2, 0.25) is 3.79 Å². The van der Waals surface area contributed by atoms with Gasteiger partial charge in [-0.25, -0.2) is 9.59 Å². The maximum atomic E-state index is 12.0. The van der Waals surface area contributed by atoms with Crippen molar-refractivity contribution in [3.05, 3.63) is 0 Å². The van der Waals surface area contributed by atoms with Gasteiger partial charge in [0.1, 0.15) is 18.2 Å². The lowest BCUT2D eigenvalue weighted by Gasteiger charge is -2.24. The number of alkyl halides is 3. The lowest BCUT2D eigenvalue weighted by atomic mass is 10.0. The minimum atomic E-state index is -1.69. The summed E-state index contributed by atoms with van der Waals surface area (Å²) in [5, 5.41) is 2.48. The van der Waals surface area contributed by atoms with Crippen LogP contribution >= 0.6 is 34.8 Å². The molecule has 0 aliphatic heterocycles. The Labute approximate surface area is 140 Å². The van der Waals surface area contributed by atoms with Crippen LogP contribution in [0.3, 0.4) is 0 Å². The SMILES string of the molecule is CC(C)C[C@H](NC(=O)OC(C)(C)C)C(=O)OCC(Cl)(Cl)Cl. The summed E-state index contributed by atoms with van der Waals surface area (Å²) in [6, 6.07) is -0.854. The molecule has 1 atom stereocenters. The summed E-state index contributed by atoms with van der Waals surface area (Å²) in [7, 11) is 0. The molecule has 8 heteroatoms. The van der Waals surface area contributed by atoms with Crippen molar-refractivity contribution in [1.82, 2.24) is 5.32 Å². The van der Waals surface area contributed by atoms with Crippen molar-refractivity contribution >= 4 is 46.9 Å². The van der Waals surface area contributed by atoms with E-state index in [-0.39, 0.29) is 12.5 Å². The van der Waals surface area contributed by atoms with Gasteiger partial charge >= 0.3 is 12.1 Å². The molecule has 0 saturated carbocycles. The highest BCUT2D eigenvalue weighted by Crippen LogP contribution is 2.26. The molecule has 0 heterocycles. The first-order chi connectivity index (χ1) is 9.30. The van der Waals surface area contributed by atoms with Crippen molar-refractivity contribution in [2.45, 2.75) is 56.5 Å². The van der Waals surface area contributed by atoms with Crippen LogP contribution in [0, 0.1) is 5.92 Å². The van der Waals surface area contributed by atoms with E-state index in [0.717, 1.165) is 0 Å². The van der Waals surface area contributed by atoms with Crippen LogP contribution in [0.4, 0.5) is 4.79 Å². The number of carbonyl (C=O) groups is 2. The molecule has 0 aliphatic carbocycles. The van der Waals surface area contributed by atoms with Crippen molar-refractivity contribution in [2.75, 3.05) is 6.61 Å². The van der Waals surface area contributed by atoms with E-state index in [9.17, 15) is 9.59 Å². The van der Waals surface area contributed by atoms with Gasteiger partial charge in [-0.3, -0.25) is 0 Å². The van der Waals surface area contributed by atoms with Gasteiger partial charge in [0, 0.05) is 0 Å². The fourth-order valence-corrected chi connectivity index (χ4v) is 1.55. The van der Waals surface area contributed by atoms with E-state index >= 15 is 0 Å². The van der Waals surface area contributed by atoms with Crippen LogP contribution in [-0.4, -0.2) is 34.1 Å². The highest BCUT2D eigenvalue weighted by Gasteiger charge is 2.29. The zero-order valence-corrected chi connectivity index (χ0v) is 15.1. The minimum Gasteiger partial charge on any atom is -0.460 e. The Bertz CT molecular complexity index is 361. The van der Waals surface area contributed by atoms with Crippen LogP contribution in [0.25, 0.3) is 0 Å². The molecular weight excluding hydrogens is 341 g/mol. The largest absolute Gasteiger partial charge is 0.460 e. The van der Waals surface area contributed by atoms with Gasteiger partial charge in [-0.2, -0.15) is 0 Å². The Hall–Kier alpha value is -0.390. The second-order valence-electron chi connectivity index (χ2n) is 6.05. The molecule has 0 spiro atoms. The summed E-state index contributed by atoms with van der Waals surface area (Å²) in [6.45, 7) is 8.61. The molecule has 0 fully saturated rings. The number of hydrogen-bond donors (Lipinski definition) is 1. The van der Waals surface area contributed by atoms with Crippen LogP contribution < -0.4 is 5.32 Å². The second-order valence-corrected chi connectivity index (χ2v) is 8.57. The van der Waals surface area contributed by atoms with Crippen molar-refractivity contribution in [3.8, 4) is 0 Å². The molecule has 0 unspecified atom stereocenters. The van der Waals surface area contributed by atoms with E-state index in [1.165, 1.54) is 0 Å². The molecule has 0 aromatic heterocycles. The molecule has 1 amide bonds. The fourth-order valence-electron chi connectivity index (χ4n) is 1.39. The van der Waals surface area contributed by atoms with E-state index in [2.05, 4.69) is 5.32 Å². The van der Waals surface area contributed by atoms with Crippen molar-refractivity contribution in [2.24, 2.45) is 5.92 Å². The molecule has 5 nitrogen and oxygen atoms in total. The molecule has 1 N–H and O–H groups in total. The van der Waals surface area contributed by atoms with Crippen LogP contribution in [-0.2, 0) is 14.3 Å². The number of hydrogen-bond acceptors (Lipinski definition) is 4. The molecule has 0 saturated heterocycles. The van der Waals surface area contributed by atoms with E-state index in [1.807, 2.05) is 13.8 Å². The number of alkyl carbamates (subject to hydrolysis) is 1. The number of ether oxygens (including phenoxy) is 2. The van der Waals surface area contributed by atoms with Crippen LogP contribution in [0.5, 0.6) is 0 Å². The molecule has 0 rings (SSSR count). The molecule has 0 aliphatic rings. The lowest BCUT2D eigenvalue weighted by Crippen LogP contribution is -2.45. The molecule has 0 bridgehead atoms. The molecular formula is C13H22Cl3NO4. The molecule has 21 heavy (non-hydrogen) atoms. The second kappa shape index (κ2) is 8.30.